The molecule has 1 aliphatic heterocycles. The van der Waals surface area contributed by atoms with E-state index in [4.69, 9.17) is 0 Å². The maximum atomic E-state index is 3.59. The van der Waals surface area contributed by atoms with Gasteiger partial charge in [0.1, 0.15) is 0 Å². The molecule has 1 nitrogen and oxygen atoms in total. The highest BCUT2D eigenvalue weighted by Crippen LogP contribution is 2.43. The van der Waals surface area contributed by atoms with Crippen molar-refractivity contribution in [2.24, 2.45) is 17.3 Å². The van der Waals surface area contributed by atoms with Crippen LogP contribution < -0.4 is 5.32 Å². The maximum absolute atomic E-state index is 3.59. The third kappa shape index (κ3) is 2.13. The Morgan fingerprint density at radius 3 is 2.21 bits per heavy atom. The number of rotatable bonds is 1. The van der Waals surface area contributed by atoms with Crippen LogP contribution in [0.2, 0.25) is 0 Å². The van der Waals surface area contributed by atoms with E-state index in [1.165, 1.54) is 38.6 Å². The van der Waals surface area contributed by atoms with Crippen molar-refractivity contribution >= 4 is 0 Å². The van der Waals surface area contributed by atoms with Crippen LogP contribution in [0.1, 0.15) is 52.9 Å². The second kappa shape index (κ2) is 3.84. The monoisotopic (exact) mass is 195 g/mol. The van der Waals surface area contributed by atoms with E-state index in [1.807, 2.05) is 0 Å². The molecule has 0 radical (unpaired) electrons. The van der Waals surface area contributed by atoms with Crippen LogP contribution >= 0.6 is 0 Å². The Morgan fingerprint density at radius 1 is 1.07 bits per heavy atom. The zero-order valence-electron chi connectivity index (χ0n) is 9.97. The molecule has 0 amide bonds. The van der Waals surface area contributed by atoms with Gasteiger partial charge in [-0.05, 0) is 62.8 Å². The maximum Gasteiger partial charge on any atom is 0.00701 e. The van der Waals surface area contributed by atoms with E-state index in [-0.39, 0.29) is 0 Å². The summed E-state index contributed by atoms with van der Waals surface area (Å²) in [5.74, 6) is 2.00. The van der Waals surface area contributed by atoms with E-state index in [1.54, 1.807) is 0 Å². The second-order valence-electron chi connectivity index (χ2n) is 6.20. The summed E-state index contributed by atoms with van der Waals surface area (Å²) in [6.45, 7) is 8.49. The highest BCUT2D eigenvalue weighted by Gasteiger charge is 2.35. The minimum absolute atomic E-state index is 0.631. The zero-order chi connectivity index (χ0) is 10.2. The molecule has 14 heavy (non-hydrogen) atoms. The minimum atomic E-state index is 0.631. The quantitative estimate of drug-likeness (QED) is 0.677. The van der Waals surface area contributed by atoms with Crippen molar-refractivity contribution < 1.29 is 0 Å². The van der Waals surface area contributed by atoms with Gasteiger partial charge in [-0.15, -0.1) is 0 Å². The summed E-state index contributed by atoms with van der Waals surface area (Å²) >= 11 is 0. The summed E-state index contributed by atoms with van der Waals surface area (Å²) in [4.78, 5) is 0. The van der Waals surface area contributed by atoms with Crippen LogP contribution in [-0.4, -0.2) is 12.6 Å². The topological polar surface area (TPSA) is 12.0 Å². The number of nitrogens with one attached hydrogen (secondary N) is 1. The number of hydrogen-bond acceptors (Lipinski definition) is 1. The summed E-state index contributed by atoms with van der Waals surface area (Å²) in [6, 6.07) is 0.779. The van der Waals surface area contributed by atoms with Crippen LogP contribution in [0.5, 0.6) is 0 Å². The molecule has 2 atom stereocenters. The molecule has 2 aliphatic rings. The van der Waals surface area contributed by atoms with Crippen molar-refractivity contribution in [2.45, 2.75) is 58.9 Å². The van der Waals surface area contributed by atoms with Crippen LogP contribution in [0.15, 0.2) is 0 Å². The lowest BCUT2D eigenvalue weighted by Gasteiger charge is -2.38. The first-order chi connectivity index (χ1) is 6.58. The molecule has 2 fully saturated rings. The summed E-state index contributed by atoms with van der Waals surface area (Å²) in [5.41, 5.74) is 0.631. The molecular formula is C13H25N. The molecule has 1 saturated heterocycles. The van der Waals surface area contributed by atoms with E-state index in [9.17, 15) is 0 Å². The van der Waals surface area contributed by atoms with E-state index >= 15 is 0 Å². The molecule has 1 aliphatic carbocycles. The molecule has 0 aromatic rings. The van der Waals surface area contributed by atoms with Crippen LogP contribution in [0.25, 0.3) is 0 Å². The molecule has 0 spiro atoms. The third-order valence-electron chi connectivity index (χ3n) is 4.58. The molecule has 2 rings (SSSR count). The van der Waals surface area contributed by atoms with Crippen LogP contribution in [0, 0.1) is 17.3 Å². The number of hydrogen-bond donors (Lipinski definition) is 1. The van der Waals surface area contributed by atoms with Crippen molar-refractivity contribution in [1.29, 1.82) is 0 Å². The van der Waals surface area contributed by atoms with Gasteiger partial charge in [-0.25, -0.2) is 0 Å². The first-order valence-electron chi connectivity index (χ1n) is 6.32. The lowest BCUT2D eigenvalue weighted by Crippen LogP contribution is -2.32. The van der Waals surface area contributed by atoms with Crippen molar-refractivity contribution in [2.75, 3.05) is 6.54 Å². The smallest absolute Gasteiger partial charge is 0.00701 e. The van der Waals surface area contributed by atoms with Gasteiger partial charge in [0.05, 0.1) is 0 Å². The summed E-state index contributed by atoms with van der Waals surface area (Å²) in [6.07, 6.45) is 7.27. The van der Waals surface area contributed by atoms with Crippen molar-refractivity contribution in [3.63, 3.8) is 0 Å². The Hall–Kier alpha value is -0.0400. The van der Waals surface area contributed by atoms with Gasteiger partial charge >= 0.3 is 0 Å². The van der Waals surface area contributed by atoms with E-state index in [0.29, 0.717) is 5.41 Å². The molecule has 1 heteroatoms. The van der Waals surface area contributed by atoms with Gasteiger partial charge in [0.15, 0.2) is 0 Å². The largest absolute Gasteiger partial charge is 0.314 e. The first kappa shape index (κ1) is 10.5. The molecule has 2 unspecified atom stereocenters. The fourth-order valence-electron chi connectivity index (χ4n) is 3.37. The summed E-state index contributed by atoms with van der Waals surface area (Å²) in [5, 5.41) is 3.59. The predicted molar refractivity (Wildman–Crippen MR) is 61.3 cm³/mol. The molecular weight excluding hydrogens is 170 g/mol. The van der Waals surface area contributed by atoms with Gasteiger partial charge < -0.3 is 5.32 Å². The fourth-order valence-corrected chi connectivity index (χ4v) is 3.37. The van der Waals surface area contributed by atoms with Gasteiger partial charge in [0.2, 0.25) is 0 Å². The van der Waals surface area contributed by atoms with Crippen molar-refractivity contribution in [3.8, 4) is 0 Å². The van der Waals surface area contributed by atoms with Crippen molar-refractivity contribution in [3.05, 3.63) is 0 Å². The van der Waals surface area contributed by atoms with Gasteiger partial charge in [-0.1, -0.05) is 13.8 Å². The molecule has 1 N–H and O–H groups in total. The highest BCUT2D eigenvalue weighted by atomic mass is 14.9. The first-order valence-corrected chi connectivity index (χ1v) is 6.32. The fraction of sp³-hybridized carbons (Fsp3) is 1.00. The van der Waals surface area contributed by atoms with Gasteiger partial charge in [-0.2, -0.15) is 0 Å². The van der Waals surface area contributed by atoms with E-state index in [0.717, 1.165) is 17.9 Å². The standard InChI is InChI=1S/C13H25N/c1-10-12(6-9-14-10)11-4-7-13(2,3)8-5-11/h10-12,14H,4-9H2,1-3H3. The van der Waals surface area contributed by atoms with Gasteiger partial charge in [0, 0.05) is 6.04 Å². The predicted octanol–water partition coefficient (Wildman–Crippen LogP) is 3.20. The highest BCUT2D eigenvalue weighted by molar-refractivity contribution is 4.89. The Kier molecular flexibility index (Phi) is 2.88. The molecule has 1 heterocycles. The average molecular weight is 195 g/mol. The van der Waals surface area contributed by atoms with Gasteiger partial charge in [-0.3, -0.25) is 0 Å². The van der Waals surface area contributed by atoms with Crippen LogP contribution in [0.4, 0.5) is 0 Å². The molecule has 1 saturated carbocycles. The lowest BCUT2D eigenvalue weighted by molar-refractivity contribution is 0.143. The molecule has 0 aromatic carbocycles. The third-order valence-corrected chi connectivity index (χ3v) is 4.58. The SMILES string of the molecule is CC1NCCC1C1CCC(C)(C)CC1. The lowest BCUT2D eigenvalue weighted by atomic mass is 9.68. The Labute approximate surface area is 88.7 Å². The summed E-state index contributed by atoms with van der Waals surface area (Å²) in [7, 11) is 0. The molecule has 0 bridgehead atoms. The van der Waals surface area contributed by atoms with E-state index < -0.39 is 0 Å². The molecule has 82 valence electrons. The Morgan fingerprint density at radius 2 is 1.71 bits per heavy atom. The zero-order valence-corrected chi connectivity index (χ0v) is 9.97. The van der Waals surface area contributed by atoms with Crippen molar-refractivity contribution in [1.82, 2.24) is 5.32 Å². The van der Waals surface area contributed by atoms with Crippen LogP contribution in [0.3, 0.4) is 0 Å². The van der Waals surface area contributed by atoms with Gasteiger partial charge in [0.25, 0.3) is 0 Å². The Bertz CT molecular complexity index is 187. The van der Waals surface area contributed by atoms with Crippen LogP contribution in [-0.2, 0) is 0 Å². The minimum Gasteiger partial charge on any atom is -0.314 e. The Balaban J connectivity index is 1.89. The average Bonchev–Trinajstić information content (AvgIpc) is 2.52. The molecule has 0 aromatic heterocycles. The second-order valence-corrected chi connectivity index (χ2v) is 6.20. The normalized spacial score (nSPS) is 38.8. The van der Waals surface area contributed by atoms with E-state index in [2.05, 4.69) is 26.1 Å². The summed E-state index contributed by atoms with van der Waals surface area (Å²) < 4.78 is 0.